The first-order valence-corrected chi connectivity index (χ1v) is 49.3. The van der Waals surface area contributed by atoms with Crippen LogP contribution in [0.25, 0.3) is 55.8 Å². The summed E-state index contributed by atoms with van der Waals surface area (Å²) in [5, 5.41) is 0. The molecule has 2 aliphatic heterocycles. The highest BCUT2D eigenvalue weighted by Gasteiger charge is 2.58. The van der Waals surface area contributed by atoms with Crippen LogP contribution < -0.4 is 0 Å². The van der Waals surface area contributed by atoms with Gasteiger partial charge in [0.1, 0.15) is 0 Å². The van der Waals surface area contributed by atoms with Gasteiger partial charge in [-0.15, -0.1) is 68.0 Å². The normalized spacial score (nSPS) is 16.4. The smallest absolute Gasteiger partial charge is 0.253 e. The SMILES string of the molecule is CCCCCCc1ccc(C2(c3ccc(CCCCCC)cc3)c3cc4c(cc3-c3sc(C)cc32)C(c2ccc(CCCCCC)cc2)(c2ccc(CCCCCC)cc2)c2cc(-c3ccc(-c5ccc(C6=C7C(=O)N(CC(CC)CCCC)C(c8ccc(-c9ccc(C)s9)s8)C7C(=O)N6CC(CC)CCCC)s5)s3)sc2-4)cc1. The molecule has 10 heteroatoms. The molecule has 8 heterocycles. The fourth-order valence-electron chi connectivity index (χ4n) is 19.6. The quantitative estimate of drug-likeness (QED) is 0.0358. The second-order valence-corrected chi connectivity index (χ2v) is 40.7. The second-order valence-electron chi connectivity index (χ2n) is 33.8. The van der Waals surface area contributed by atoms with E-state index in [0.717, 1.165) is 92.5 Å². The fraction of sp³-hybridized carbons (Fsp3) is 0.442. The molecule has 114 heavy (non-hydrogen) atoms. The number of likely N-dealkylation sites (tertiary alicyclic amines) is 1. The highest BCUT2D eigenvalue weighted by molar-refractivity contribution is 7.27. The van der Waals surface area contributed by atoms with E-state index in [1.165, 1.54) is 229 Å². The van der Waals surface area contributed by atoms with Crippen molar-refractivity contribution in [2.24, 2.45) is 17.8 Å². The van der Waals surface area contributed by atoms with Crippen molar-refractivity contribution >= 4 is 85.5 Å². The average Bonchev–Trinajstić information content (AvgIpc) is 1.50. The lowest BCUT2D eigenvalue weighted by atomic mass is 9.65. The number of nitrogens with zero attached hydrogens (tertiary/aromatic N) is 2. The molecule has 596 valence electrons. The molecule has 2 amide bonds. The number of benzene rings is 5. The highest BCUT2D eigenvalue weighted by Crippen LogP contribution is 2.66. The monoisotopic (exact) mass is 1620 g/mol. The third kappa shape index (κ3) is 16.2. The minimum atomic E-state index is -0.631. The van der Waals surface area contributed by atoms with Gasteiger partial charge in [0.25, 0.3) is 5.91 Å². The summed E-state index contributed by atoms with van der Waals surface area (Å²) >= 11 is 11.2. The van der Waals surface area contributed by atoms with Crippen LogP contribution in [-0.4, -0.2) is 34.7 Å². The van der Waals surface area contributed by atoms with Crippen LogP contribution in [0.4, 0.5) is 0 Å². The zero-order valence-electron chi connectivity index (χ0n) is 69.8. The van der Waals surface area contributed by atoms with Gasteiger partial charge in [0.05, 0.1) is 38.9 Å². The standard InChI is InChI=1S/C104H122N2O2S6/c1-11-19-25-29-35-73-40-48-77(49-41-73)103(78-50-42-74(43-51-78)36-30-26-20-12-2)83-65-82-84(64-81(83)99-85(103)63-70(10)110-99)104(79-52-44-75(45-53-79)37-31-27-21-13-3,80-54-46-76(47-55-80)38-32-28-22-14-4)86-66-94(114-100(82)86)91-58-57-89(111-91)90-60-62-93(113-90)98-96-95(101(107)106(98)68-72(18-8)34-24-16-6)97(105(102(96)108)67-71(17-7)33-23-15-5)92-61-59-88(112-92)87-56-39-69(9)109-87/h39-66,71-72,95,97H,11-38,67-68H2,1-10H3. The summed E-state index contributed by atoms with van der Waals surface area (Å²) in [7, 11) is 0. The van der Waals surface area contributed by atoms with Gasteiger partial charge in [-0.2, -0.15) is 0 Å². The number of fused-ring (bicyclic) bond motifs is 7. The van der Waals surface area contributed by atoms with Crippen LogP contribution in [0.5, 0.6) is 0 Å². The minimum absolute atomic E-state index is 0.0499. The molecule has 4 atom stereocenters. The number of thiophene rings is 6. The van der Waals surface area contributed by atoms with E-state index in [9.17, 15) is 0 Å². The van der Waals surface area contributed by atoms with Crippen LogP contribution in [-0.2, 0) is 46.1 Å². The van der Waals surface area contributed by atoms with E-state index in [1.807, 2.05) is 45.3 Å². The zero-order chi connectivity index (χ0) is 79.0. The summed E-state index contributed by atoms with van der Waals surface area (Å²) in [6.45, 7) is 24.1. The van der Waals surface area contributed by atoms with Crippen LogP contribution in [0.15, 0.2) is 175 Å². The van der Waals surface area contributed by atoms with Crippen LogP contribution in [0.3, 0.4) is 0 Å². The predicted octanol–water partition coefficient (Wildman–Crippen LogP) is 31.1. The Morgan fingerprint density at radius 2 is 0.746 bits per heavy atom. The van der Waals surface area contributed by atoms with Gasteiger partial charge in [-0.25, -0.2) is 0 Å². The van der Waals surface area contributed by atoms with Gasteiger partial charge in [0, 0.05) is 66.7 Å². The first-order chi connectivity index (χ1) is 55.8. The van der Waals surface area contributed by atoms with Gasteiger partial charge in [-0.3, -0.25) is 9.59 Å². The lowest BCUT2D eigenvalue weighted by Gasteiger charge is -2.35. The van der Waals surface area contributed by atoms with Crippen molar-refractivity contribution in [2.45, 2.75) is 266 Å². The predicted molar refractivity (Wildman–Crippen MR) is 495 cm³/mol. The summed E-state index contributed by atoms with van der Waals surface area (Å²) in [4.78, 5) is 51.2. The Bertz CT molecular complexity index is 4990. The first-order valence-electron chi connectivity index (χ1n) is 44.4. The van der Waals surface area contributed by atoms with Crippen molar-refractivity contribution in [3.05, 3.63) is 262 Å². The van der Waals surface area contributed by atoms with Crippen LogP contribution in [0, 0.1) is 31.6 Å². The van der Waals surface area contributed by atoms with Gasteiger partial charge >= 0.3 is 0 Å². The topological polar surface area (TPSA) is 40.6 Å². The third-order valence-corrected chi connectivity index (χ3v) is 33.2. The van der Waals surface area contributed by atoms with E-state index < -0.39 is 16.7 Å². The Labute approximate surface area is 707 Å². The average molecular weight is 1620 g/mol. The molecule has 0 radical (unpaired) electrons. The Hall–Kier alpha value is -7.02. The molecule has 6 aromatic heterocycles. The number of hydrogen-bond donors (Lipinski definition) is 0. The van der Waals surface area contributed by atoms with E-state index in [4.69, 9.17) is 0 Å². The van der Waals surface area contributed by atoms with Crippen LogP contribution >= 0.6 is 68.0 Å². The second kappa shape index (κ2) is 37.3. The Morgan fingerprint density at radius 3 is 1.19 bits per heavy atom. The molecule has 0 spiro atoms. The summed E-state index contributed by atoms with van der Waals surface area (Å²) in [5.74, 6) is 0.249. The Morgan fingerprint density at radius 1 is 0.351 bits per heavy atom. The Balaban J connectivity index is 0.886. The number of carbonyl (C=O) groups excluding carboxylic acids is 2. The third-order valence-electron chi connectivity index (χ3n) is 26.0. The van der Waals surface area contributed by atoms with Crippen molar-refractivity contribution in [2.75, 3.05) is 13.1 Å². The fourth-order valence-corrected chi connectivity index (χ4v) is 26.3. The lowest BCUT2D eigenvalue weighted by Crippen LogP contribution is -2.39. The zero-order valence-corrected chi connectivity index (χ0v) is 74.7. The van der Waals surface area contributed by atoms with E-state index >= 15 is 9.59 Å². The number of unbranched alkanes of at least 4 members (excludes halogenated alkanes) is 14. The summed E-state index contributed by atoms with van der Waals surface area (Å²) in [6.07, 6.45) is 32.9. The number of rotatable bonds is 41. The summed E-state index contributed by atoms with van der Waals surface area (Å²) < 4.78 is 0. The molecule has 11 aromatic rings. The molecular formula is C104H122N2O2S6. The number of aryl methyl sites for hydroxylation is 6. The van der Waals surface area contributed by atoms with Crippen LogP contribution in [0.1, 0.15) is 302 Å². The molecule has 15 rings (SSSR count). The minimum Gasteiger partial charge on any atom is -0.330 e. The summed E-state index contributed by atoms with van der Waals surface area (Å²) in [5.41, 5.74) is 19.7. The lowest BCUT2D eigenvalue weighted by molar-refractivity contribution is -0.131. The van der Waals surface area contributed by atoms with Gasteiger partial charge < -0.3 is 9.80 Å². The molecule has 0 bridgehead atoms. The molecular weight excluding hydrogens is 1500 g/mol. The molecule has 1 saturated heterocycles. The van der Waals surface area contributed by atoms with Gasteiger partial charge in [-0.05, 0) is 241 Å². The van der Waals surface area contributed by atoms with Crippen molar-refractivity contribution < 1.29 is 9.59 Å². The maximum absolute atomic E-state index is 16.0. The molecule has 4 aliphatic rings. The number of hydrogen-bond acceptors (Lipinski definition) is 8. The van der Waals surface area contributed by atoms with Gasteiger partial charge in [-0.1, -0.05) is 268 Å². The van der Waals surface area contributed by atoms with E-state index in [2.05, 4.69) is 249 Å². The van der Waals surface area contributed by atoms with E-state index in [1.54, 1.807) is 22.7 Å². The van der Waals surface area contributed by atoms with E-state index in [-0.39, 0.29) is 17.9 Å². The first kappa shape index (κ1) is 82.1. The van der Waals surface area contributed by atoms with E-state index in [0.29, 0.717) is 30.5 Å². The van der Waals surface area contributed by atoms with Gasteiger partial charge in [0.15, 0.2) is 0 Å². The van der Waals surface area contributed by atoms with Crippen molar-refractivity contribution in [3.8, 4) is 50.1 Å². The molecule has 2 aliphatic carbocycles. The van der Waals surface area contributed by atoms with Crippen molar-refractivity contribution in [1.82, 2.24) is 9.80 Å². The molecule has 4 unspecified atom stereocenters. The molecule has 4 nitrogen and oxygen atoms in total. The van der Waals surface area contributed by atoms with Crippen LogP contribution in [0.2, 0.25) is 0 Å². The maximum atomic E-state index is 16.0. The maximum Gasteiger partial charge on any atom is 0.253 e. The van der Waals surface area contributed by atoms with Gasteiger partial charge in [0.2, 0.25) is 5.91 Å². The molecule has 0 saturated carbocycles. The van der Waals surface area contributed by atoms with Crippen molar-refractivity contribution in [1.29, 1.82) is 0 Å². The number of carbonyl (C=O) groups is 2. The summed E-state index contributed by atoms with van der Waals surface area (Å²) in [6, 6.07) is 68.4. The molecule has 5 aromatic carbocycles. The Kier molecular flexibility index (Phi) is 26.9. The number of amides is 2. The van der Waals surface area contributed by atoms with Crippen molar-refractivity contribution in [3.63, 3.8) is 0 Å². The molecule has 1 fully saturated rings. The molecule has 0 N–H and O–H groups in total. The highest BCUT2D eigenvalue weighted by atomic mass is 32.1. The largest absolute Gasteiger partial charge is 0.330 e.